The van der Waals surface area contributed by atoms with Gasteiger partial charge >= 0.3 is 0 Å². The van der Waals surface area contributed by atoms with E-state index in [-0.39, 0.29) is 0 Å². The van der Waals surface area contributed by atoms with Crippen molar-refractivity contribution in [1.82, 2.24) is 15.3 Å². The molecule has 0 bridgehead atoms. The van der Waals surface area contributed by atoms with E-state index in [1.54, 1.807) is 19.5 Å². The maximum absolute atomic E-state index is 5.31. The van der Waals surface area contributed by atoms with Crippen LogP contribution < -0.4 is 10.1 Å². The molecule has 0 unspecified atom stereocenters. The first-order valence-electron chi connectivity index (χ1n) is 4.44. The molecule has 0 saturated heterocycles. The minimum absolute atomic E-state index is 0.494. The van der Waals surface area contributed by atoms with E-state index in [1.165, 1.54) is 0 Å². The number of nitrogens with zero attached hydrogens (tertiary/aromatic N) is 2. The minimum Gasteiger partial charge on any atom is -0.474 e. The molecule has 0 saturated carbocycles. The number of ether oxygens (including phenoxy) is 2. The smallest absolute Gasteiger partial charge is 0.232 e. The van der Waals surface area contributed by atoms with Gasteiger partial charge in [-0.3, -0.25) is 4.98 Å². The normalized spacial score (nSPS) is 10.1. The van der Waals surface area contributed by atoms with E-state index in [2.05, 4.69) is 15.3 Å². The zero-order valence-corrected chi connectivity index (χ0v) is 8.49. The van der Waals surface area contributed by atoms with Crippen molar-refractivity contribution in [3.8, 4) is 5.88 Å². The highest BCUT2D eigenvalue weighted by molar-refractivity contribution is 5.08. The lowest BCUT2D eigenvalue weighted by Crippen LogP contribution is -2.10. The maximum atomic E-state index is 5.31. The van der Waals surface area contributed by atoms with E-state index in [0.717, 1.165) is 5.69 Å². The predicted octanol–water partition coefficient (Wildman–Crippen LogP) is 0.221. The van der Waals surface area contributed by atoms with Gasteiger partial charge in [0.1, 0.15) is 6.61 Å². The van der Waals surface area contributed by atoms with Gasteiger partial charge in [0, 0.05) is 19.9 Å². The lowest BCUT2D eigenvalue weighted by Gasteiger charge is -2.05. The highest BCUT2D eigenvalue weighted by Gasteiger charge is 1.98. The zero-order valence-electron chi connectivity index (χ0n) is 8.49. The fourth-order valence-electron chi connectivity index (χ4n) is 0.952. The molecule has 0 aliphatic rings. The minimum atomic E-state index is 0.494. The molecule has 0 amide bonds. The molecule has 5 nitrogen and oxygen atoms in total. The molecule has 1 aromatic rings. The second kappa shape index (κ2) is 6.28. The molecule has 0 radical (unpaired) electrons. The molecule has 1 N–H and O–H groups in total. The van der Waals surface area contributed by atoms with Gasteiger partial charge in [-0.2, -0.15) is 0 Å². The standard InChI is InChI=1S/C9H15N3O2/c1-10-5-8-6-11-7-9(12-8)14-4-3-13-2/h6-7,10H,3-5H2,1-2H3. The Morgan fingerprint density at radius 2 is 2.21 bits per heavy atom. The number of hydrogen-bond acceptors (Lipinski definition) is 5. The highest BCUT2D eigenvalue weighted by atomic mass is 16.5. The quantitative estimate of drug-likeness (QED) is 0.661. The van der Waals surface area contributed by atoms with Crippen molar-refractivity contribution in [1.29, 1.82) is 0 Å². The van der Waals surface area contributed by atoms with Gasteiger partial charge in [-0.15, -0.1) is 0 Å². The lowest BCUT2D eigenvalue weighted by molar-refractivity contribution is 0.143. The Morgan fingerprint density at radius 3 is 2.93 bits per heavy atom. The molecular weight excluding hydrogens is 182 g/mol. The Hall–Kier alpha value is -1.20. The van der Waals surface area contributed by atoms with E-state index < -0.39 is 0 Å². The molecule has 1 aromatic heterocycles. The fraction of sp³-hybridized carbons (Fsp3) is 0.556. The monoisotopic (exact) mass is 197 g/mol. The number of aromatic nitrogens is 2. The van der Waals surface area contributed by atoms with Gasteiger partial charge in [0.15, 0.2) is 0 Å². The Morgan fingerprint density at radius 1 is 1.36 bits per heavy atom. The van der Waals surface area contributed by atoms with Crippen molar-refractivity contribution in [2.45, 2.75) is 6.54 Å². The first-order valence-corrected chi connectivity index (χ1v) is 4.44. The van der Waals surface area contributed by atoms with E-state index in [4.69, 9.17) is 9.47 Å². The molecule has 0 aromatic carbocycles. The summed E-state index contributed by atoms with van der Waals surface area (Å²) in [5.41, 5.74) is 0.863. The summed E-state index contributed by atoms with van der Waals surface area (Å²) in [5.74, 6) is 0.537. The molecule has 0 atom stereocenters. The van der Waals surface area contributed by atoms with Crippen molar-refractivity contribution < 1.29 is 9.47 Å². The summed E-state index contributed by atoms with van der Waals surface area (Å²) < 4.78 is 10.2. The third-order valence-corrected chi connectivity index (χ3v) is 1.56. The Labute approximate surface area is 83.5 Å². The average Bonchev–Trinajstić information content (AvgIpc) is 2.19. The topological polar surface area (TPSA) is 56.3 Å². The SMILES string of the molecule is CNCc1cncc(OCCOC)n1. The summed E-state index contributed by atoms with van der Waals surface area (Å²) in [6, 6.07) is 0. The van der Waals surface area contributed by atoms with Crippen molar-refractivity contribution >= 4 is 0 Å². The molecular formula is C9H15N3O2. The predicted molar refractivity (Wildman–Crippen MR) is 52.2 cm³/mol. The second-order valence-electron chi connectivity index (χ2n) is 2.72. The van der Waals surface area contributed by atoms with Crippen LogP contribution in [0.1, 0.15) is 5.69 Å². The van der Waals surface area contributed by atoms with Crippen molar-refractivity contribution in [2.75, 3.05) is 27.4 Å². The number of rotatable bonds is 6. The van der Waals surface area contributed by atoms with Crippen LogP contribution in [0.3, 0.4) is 0 Å². The van der Waals surface area contributed by atoms with Crippen molar-refractivity contribution in [3.05, 3.63) is 18.1 Å². The third-order valence-electron chi connectivity index (χ3n) is 1.56. The van der Waals surface area contributed by atoms with Gasteiger partial charge in [0.25, 0.3) is 0 Å². The van der Waals surface area contributed by atoms with Crippen LogP contribution in [0.25, 0.3) is 0 Å². The van der Waals surface area contributed by atoms with Crippen LogP contribution in [0.2, 0.25) is 0 Å². The first-order chi connectivity index (χ1) is 6.86. The Kier molecular flexibility index (Phi) is 4.88. The van der Waals surface area contributed by atoms with Crippen LogP contribution in [0.4, 0.5) is 0 Å². The fourth-order valence-corrected chi connectivity index (χ4v) is 0.952. The van der Waals surface area contributed by atoms with Crippen LogP contribution in [0.15, 0.2) is 12.4 Å². The summed E-state index contributed by atoms with van der Waals surface area (Å²) in [4.78, 5) is 8.25. The average molecular weight is 197 g/mol. The van der Waals surface area contributed by atoms with Crippen LogP contribution in [0, 0.1) is 0 Å². The van der Waals surface area contributed by atoms with Crippen LogP contribution in [-0.4, -0.2) is 37.3 Å². The molecule has 0 aliphatic heterocycles. The number of methoxy groups -OCH3 is 1. The highest BCUT2D eigenvalue weighted by Crippen LogP contribution is 2.04. The first kappa shape index (κ1) is 10.9. The van der Waals surface area contributed by atoms with Crippen LogP contribution >= 0.6 is 0 Å². The molecule has 0 aliphatic carbocycles. The maximum Gasteiger partial charge on any atom is 0.232 e. The summed E-state index contributed by atoms with van der Waals surface area (Å²) >= 11 is 0. The van der Waals surface area contributed by atoms with Crippen molar-refractivity contribution in [3.63, 3.8) is 0 Å². The zero-order chi connectivity index (χ0) is 10.2. The summed E-state index contributed by atoms with van der Waals surface area (Å²) in [7, 11) is 3.49. The number of nitrogens with one attached hydrogen (secondary N) is 1. The molecule has 0 fully saturated rings. The Balaban J connectivity index is 2.46. The largest absolute Gasteiger partial charge is 0.474 e. The van der Waals surface area contributed by atoms with Gasteiger partial charge in [-0.25, -0.2) is 4.98 Å². The molecule has 14 heavy (non-hydrogen) atoms. The number of hydrogen-bond donors (Lipinski definition) is 1. The van der Waals surface area contributed by atoms with Crippen molar-refractivity contribution in [2.24, 2.45) is 0 Å². The molecule has 0 spiro atoms. The van der Waals surface area contributed by atoms with Gasteiger partial charge in [-0.05, 0) is 7.05 Å². The van der Waals surface area contributed by atoms with Gasteiger partial charge < -0.3 is 14.8 Å². The Bertz CT molecular complexity index is 268. The molecule has 1 heterocycles. The summed E-state index contributed by atoms with van der Waals surface area (Å²) in [6.07, 6.45) is 3.30. The summed E-state index contributed by atoms with van der Waals surface area (Å²) in [5, 5.41) is 3.00. The molecule has 78 valence electrons. The third kappa shape index (κ3) is 3.68. The van der Waals surface area contributed by atoms with E-state index in [9.17, 15) is 0 Å². The summed E-state index contributed by atoms with van der Waals surface area (Å²) in [6.45, 7) is 1.74. The lowest BCUT2D eigenvalue weighted by atomic mass is 10.4. The van der Waals surface area contributed by atoms with Crippen LogP contribution in [-0.2, 0) is 11.3 Å². The molecule has 5 heteroatoms. The van der Waals surface area contributed by atoms with Gasteiger partial charge in [-0.1, -0.05) is 0 Å². The second-order valence-corrected chi connectivity index (χ2v) is 2.72. The van der Waals surface area contributed by atoms with Gasteiger partial charge in [0.05, 0.1) is 18.5 Å². The van der Waals surface area contributed by atoms with Gasteiger partial charge in [0.2, 0.25) is 5.88 Å². The van der Waals surface area contributed by atoms with Crippen LogP contribution in [0.5, 0.6) is 5.88 Å². The van der Waals surface area contributed by atoms with E-state index >= 15 is 0 Å². The van der Waals surface area contributed by atoms with E-state index in [0.29, 0.717) is 25.6 Å². The van der Waals surface area contributed by atoms with E-state index in [1.807, 2.05) is 7.05 Å². The molecule has 1 rings (SSSR count).